The van der Waals surface area contributed by atoms with E-state index in [0.29, 0.717) is 0 Å². The summed E-state index contributed by atoms with van der Waals surface area (Å²) in [7, 11) is -2.18. The molecule has 0 aromatic carbocycles. The number of hydrogen-bond donors (Lipinski definition) is 0. The molecule has 1 atom stereocenters. The van der Waals surface area contributed by atoms with E-state index in [0.717, 1.165) is 4.90 Å². The van der Waals surface area contributed by atoms with Gasteiger partial charge in [0.25, 0.3) is 0 Å². The maximum Gasteiger partial charge on any atom is 0.0956 e. The zero-order chi connectivity index (χ0) is 8.32. The molecular formula is C6H7IN2OS. The van der Waals surface area contributed by atoms with Gasteiger partial charge in [-0.2, -0.15) is 2.58 Å². The molecule has 0 aliphatic heterocycles. The Morgan fingerprint density at radius 3 is 2.55 bits per heavy atom. The normalized spacial score (nSPS) is 15.5. The molecule has 11 heavy (non-hydrogen) atoms. The van der Waals surface area contributed by atoms with E-state index in [1.54, 1.807) is 53.6 Å². The Morgan fingerprint density at radius 2 is 2.09 bits per heavy atom. The summed E-state index contributed by atoms with van der Waals surface area (Å²) in [5.41, 5.74) is 0. The fourth-order valence-electron chi connectivity index (χ4n) is 0.631. The van der Waals surface area contributed by atoms with Crippen molar-refractivity contribution in [1.29, 1.82) is 0 Å². The van der Waals surface area contributed by atoms with Gasteiger partial charge in [0.1, 0.15) is 0 Å². The van der Waals surface area contributed by atoms with Gasteiger partial charge in [-0.1, -0.05) is 0 Å². The lowest BCUT2D eigenvalue weighted by Gasteiger charge is -1.98. The van der Waals surface area contributed by atoms with Crippen molar-refractivity contribution in [3.05, 3.63) is 24.5 Å². The third-order valence-electron chi connectivity index (χ3n) is 1.22. The molecule has 0 saturated carbocycles. The van der Waals surface area contributed by atoms with Crippen molar-refractivity contribution in [2.75, 3.05) is 6.26 Å². The van der Waals surface area contributed by atoms with Crippen LogP contribution in [0, 0.1) is 0 Å². The molecule has 5 heteroatoms. The highest BCUT2D eigenvalue weighted by Gasteiger charge is 2.02. The van der Waals surface area contributed by atoms with Crippen LogP contribution in [-0.4, -0.2) is 15.4 Å². The van der Waals surface area contributed by atoms with E-state index in [1.807, 2.05) is 0 Å². The second-order valence-electron chi connectivity index (χ2n) is 2.05. The molecule has 1 aromatic rings. The predicted molar refractivity (Wildman–Crippen MR) is 53.0 cm³/mol. The van der Waals surface area contributed by atoms with Crippen LogP contribution in [0.25, 0.3) is 0 Å². The molecule has 0 aliphatic rings. The zero-order valence-corrected chi connectivity index (χ0v) is 8.87. The van der Waals surface area contributed by atoms with Crippen LogP contribution < -0.4 is 0 Å². The van der Waals surface area contributed by atoms with Crippen molar-refractivity contribution in [2.24, 2.45) is 2.58 Å². The van der Waals surface area contributed by atoms with E-state index in [1.165, 1.54) is 0 Å². The first-order valence-corrected chi connectivity index (χ1v) is 5.78. The van der Waals surface area contributed by atoms with Crippen LogP contribution in [-0.2, 0) is 9.73 Å². The van der Waals surface area contributed by atoms with Gasteiger partial charge in [-0.25, -0.2) is 4.21 Å². The third kappa shape index (κ3) is 2.13. The Balaban J connectivity index is 3.25. The SMILES string of the molecule is CS(=O)(=NI)c1ccncc1. The van der Waals surface area contributed by atoms with Gasteiger partial charge in [0.05, 0.1) is 37.5 Å². The lowest BCUT2D eigenvalue weighted by molar-refractivity contribution is 0.681. The summed E-state index contributed by atoms with van der Waals surface area (Å²) in [5, 5.41) is 0. The van der Waals surface area contributed by atoms with Gasteiger partial charge in [-0.3, -0.25) is 4.98 Å². The van der Waals surface area contributed by atoms with Crippen molar-refractivity contribution in [1.82, 2.24) is 4.98 Å². The molecule has 0 fully saturated rings. The number of pyridine rings is 1. The summed E-state index contributed by atoms with van der Waals surface area (Å²) in [6, 6.07) is 3.43. The molecule has 0 spiro atoms. The van der Waals surface area contributed by atoms with E-state index in [2.05, 4.69) is 7.56 Å². The Kier molecular flexibility index (Phi) is 2.83. The molecular weight excluding hydrogens is 275 g/mol. The molecule has 3 nitrogen and oxygen atoms in total. The molecule has 0 bridgehead atoms. The van der Waals surface area contributed by atoms with Gasteiger partial charge >= 0.3 is 0 Å². The Morgan fingerprint density at radius 1 is 1.55 bits per heavy atom. The molecule has 1 rings (SSSR count). The number of rotatable bonds is 1. The second-order valence-corrected chi connectivity index (χ2v) is 5.45. The van der Waals surface area contributed by atoms with Crippen LogP contribution in [0.3, 0.4) is 0 Å². The molecule has 0 radical (unpaired) electrons. The monoisotopic (exact) mass is 282 g/mol. The largest absolute Gasteiger partial charge is 0.265 e. The standard InChI is InChI=1S/C6H7IN2OS/c1-11(10,9-7)6-2-4-8-5-3-6/h2-5H,1H3. The van der Waals surface area contributed by atoms with Crippen LogP contribution in [0.15, 0.2) is 32.0 Å². The summed E-state index contributed by atoms with van der Waals surface area (Å²) >= 11 is 1.76. The number of halogens is 1. The quantitative estimate of drug-likeness (QED) is 0.738. The van der Waals surface area contributed by atoms with Crippen molar-refractivity contribution < 1.29 is 4.21 Å². The topological polar surface area (TPSA) is 42.3 Å². The lowest BCUT2D eigenvalue weighted by Crippen LogP contribution is -1.94. The molecule has 1 aromatic heterocycles. The Labute approximate surface area is 79.9 Å². The Bertz CT molecular complexity index is 343. The van der Waals surface area contributed by atoms with Crippen molar-refractivity contribution >= 4 is 32.6 Å². The summed E-state index contributed by atoms with van der Waals surface area (Å²) in [4.78, 5) is 4.55. The summed E-state index contributed by atoms with van der Waals surface area (Å²) in [6.45, 7) is 0. The van der Waals surface area contributed by atoms with Crippen molar-refractivity contribution in [2.45, 2.75) is 4.90 Å². The first-order valence-electron chi connectivity index (χ1n) is 2.89. The zero-order valence-electron chi connectivity index (χ0n) is 5.90. The van der Waals surface area contributed by atoms with Crippen molar-refractivity contribution in [3.8, 4) is 0 Å². The van der Waals surface area contributed by atoms with Gasteiger partial charge < -0.3 is 0 Å². The third-order valence-corrected chi connectivity index (χ3v) is 4.88. The molecule has 0 amide bonds. The molecule has 0 aliphatic carbocycles. The first kappa shape index (κ1) is 8.92. The van der Waals surface area contributed by atoms with Crippen molar-refractivity contribution in [3.63, 3.8) is 0 Å². The maximum atomic E-state index is 11.6. The lowest BCUT2D eigenvalue weighted by atomic mass is 10.5. The Hall–Kier alpha value is -0.170. The molecule has 1 heterocycles. The number of aromatic nitrogens is 1. The highest BCUT2D eigenvalue weighted by Crippen LogP contribution is 2.10. The van der Waals surface area contributed by atoms with Gasteiger partial charge in [0, 0.05) is 18.6 Å². The minimum absolute atomic E-state index is 0.724. The fraction of sp³-hybridized carbons (Fsp3) is 0.167. The van der Waals surface area contributed by atoms with E-state index >= 15 is 0 Å². The first-order chi connectivity index (χ1) is 5.17. The highest BCUT2D eigenvalue weighted by atomic mass is 127. The van der Waals surface area contributed by atoms with Crippen LogP contribution in [0.5, 0.6) is 0 Å². The smallest absolute Gasteiger partial charge is 0.0956 e. The maximum absolute atomic E-state index is 11.6. The van der Waals surface area contributed by atoms with Gasteiger partial charge in [-0.05, 0) is 12.1 Å². The highest BCUT2D eigenvalue weighted by molar-refractivity contribution is 14.1. The predicted octanol–water partition coefficient (Wildman–Crippen LogP) is 1.89. The number of nitrogens with zero attached hydrogens (tertiary/aromatic N) is 2. The van der Waals surface area contributed by atoms with E-state index < -0.39 is 9.73 Å². The summed E-state index contributed by atoms with van der Waals surface area (Å²) < 4.78 is 15.3. The summed E-state index contributed by atoms with van der Waals surface area (Å²) in [5.74, 6) is 0. The molecule has 60 valence electrons. The van der Waals surface area contributed by atoms with Crippen LogP contribution in [0.2, 0.25) is 0 Å². The van der Waals surface area contributed by atoms with Gasteiger partial charge in [0.2, 0.25) is 0 Å². The number of hydrogen-bond acceptors (Lipinski definition) is 3. The molecule has 0 N–H and O–H groups in total. The van der Waals surface area contributed by atoms with E-state index in [-0.39, 0.29) is 0 Å². The second kappa shape index (κ2) is 3.48. The minimum Gasteiger partial charge on any atom is -0.265 e. The minimum atomic E-state index is -2.18. The van der Waals surface area contributed by atoms with Crippen LogP contribution in [0.1, 0.15) is 0 Å². The van der Waals surface area contributed by atoms with E-state index in [9.17, 15) is 4.21 Å². The summed E-state index contributed by atoms with van der Waals surface area (Å²) in [6.07, 6.45) is 4.83. The molecule has 1 unspecified atom stereocenters. The van der Waals surface area contributed by atoms with Gasteiger partial charge in [-0.15, -0.1) is 0 Å². The molecule has 0 saturated heterocycles. The van der Waals surface area contributed by atoms with E-state index in [4.69, 9.17) is 0 Å². The van der Waals surface area contributed by atoms with Crippen LogP contribution >= 0.6 is 22.9 Å². The average Bonchev–Trinajstić information content (AvgIpc) is 2.06. The average molecular weight is 282 g/mol. The van der Waals surface area contributed by atoms with Gasteiger partial charge in [0.15, 0.2) is 0 Å². The fourth-order valence-corrected chi connectivity index (χ4v) is 2.02. The van der Waals surface area contributed by atoms with Crippen LogP contribution in [0.4, 0.5) is 0 Å².